The molecule has 0 aromatic heterocycles. The van der Waals surface area contributed by atoms with Gasteiger partial charge in [-0.25, -0.2) is 0 Å². The summed E-state index contributed by atoms with van der Waals surface area (Å²) in [7, 11) is 1.75. The summed E-state index contributed by atoms with van der Waals surface area (Å²) >= 11 is 2.03. The van der Waals surface area contributed by atoms with Gasteiger partial charge in [-0.15, -0.1) is 0 Å². The van der Waals surface area contributed by atoms with E-state index in [-0.39, 0.29) is 0 Å². The zero-order valence-electron chi connectivity index (χ0n) is 12.4. The van der Waals surface area contributed by atoms with Crippen molar-refractivity contribution in [3.8, 4) is 0 Å². The van der Waals surface area contributed by atoms with Gasteiger partial charge in [0.25, 0.3) is 0 Å². The number of thioether (sulfide) groups is 1. The molecule has 1 atom stereocenters. The van der Waals surface area contributed by atoms with E-state index >= 15 is 0 Å². The molecule has 0 amide bonds. The zero-order valence-corrected chi connectivity index (χ0v) is 13.3. The van der Waals surface area contributed by atoms with Crippen LogP contribution in [0.5, 0.6) is 0 Å². The summed E-state index contributed by atoms with van der Waals surface area (Å²) in [5, 5.41) is 3.50. The maximum Gasteiger partial charge on any atom is 0.0587 e. The van der Waals surface area contributed by atoms with Gasteiger partial charge in [0, 0.05) is 20.2 Å². The van der Waals surface area contributed by atoms with Gasteiger partial charge in [0.05, 0.1) is 6.61 Å². The molecule has 0 heterocycles. The first-order valence-electron chi connectivity index (χ1n) is 7.12. The number of hydrogen-bond donors (Lipinski definition) is 1. The van der Waals surface area contributed by atoms with E-state index in [4.69, 9.17) is 4.74 Å². The minimum Gasteiger partial charge on any atom is -0.383 e. The Hall–Kier alpha value is -0.510. The second-order valence-corrected chi connectivity index (χ2v) is 6.13. The maximum absolute atomic E-state index is 5.09. The highest BCUT2D eigenvalue weighted by molar-refractivity contribution is 7.99. The lowest BCUT2D eigenvalue weighted by Gasteiger charge is -2.20. The average Bonchev–Trinajstić information content (AvgIpc) is 2.42. The molecule has 2 nitrogen and oxygen atoms in total. The van der Waals surface area contributed by atoms with E-state index in [0.29, 0.717) is 5.92 Å². The number of aryl methyl sites for hydroxylation is 1. The largest absolute Gasteiger partial charge is 0.383 e. The van der Waals surface area contributed by atoms with Gasteiger partial charge >= 0.3 is 0 Å². The molecule has 1 aromatic carbocycles. The average molecular weight is 281 g/mol. The molecule has 1 aromatic rings. The fourth-order valence-corrected chi connectivity index (χ4v) is 2.97. The SMILES string of the molecule is CCSCCC(CNCCOC)c1ccccc1C. The van der Waals surface area contributed by atoms with Crippen molar-refractivity contribution in [3.05, 3.63) is 35.4 Å². The van der Waals surface area contributed by atoms with Crippen molar-refractivity contribution in [1.82, 2.24) is 5.32 Å². The third-order valence-electron chi connectivity index (χ3n) is 3.32. The Labute approximate surface area is 122 Å². The molecule has 0 radical (unpaired) electrons. The van der Waals surface area contributed by atoms with E-state index < -0.39 is 0 Å². The standard InChI is InChI=1S/C16H27NOS/c1-4-19-12-9-15(13-17-10-11-18-3)16-8-6-5-7-14(16)2/h5-8,15,17H,4,9-13H2,1-3H3. The van der Waals surface area contributed by atoms with E-state index in [2.05, 4.69) is 43.4 Å². The number of hydrogen-bond acceptors (Lipinski definition) is 3. The highest BCUT2D eigenvalue weighted by atomic mass is 32.2. The van der Waals surface area contributed by atoms with E-state index in [1.807, 2.05) is 11.8 Å². The first kappa shape index (κ1) is 16.5. The van der Waals surface area contributed by atoms with Gasteiger partial charge in [0.2, 0.25) is 0 Å². The molecule has 0 saturated carbocycles. The summed E-state index contributed by atoms with van der Waals surface area (Å²) in [5.41, 5.74) is 2.90. The Bertz CT molecular complexity index is 343. The predicted molar refractivity (Wildman–Crippen MR) is 86.3 cm³/mol. The lowest BCUT2D eigenvalue weighted by atomic mass is 9.92. The van der Waals surface area contributed by atoms with Crippen LogP contribution in [0.2, 0.25) is 0 Å². The van der Waals surface area contributed by atoms with Gasteiger partial charge in [0.1, 0.15) is 0 Å². The van der Waals surface area contributed by atoms with Crippen molar-refractivity contribution < 1.29 is 4.74 Å². The normalized spacial score (nSPS) is 12.6. The van der Waals surface area contributed by atoms with Crippen LogP contribution in [-0.2, 0) is 4.74 Å². The molecular formula is C16H27NOS. The summed E-state index contributed by atoms with van der Waals surface area (Å²) in [6.45, 7) is 7.19. The quantitative estimate of drug-likeness (QED) is 0.664. The first-order valence-corrected chi connectivity index (χ1v) is 8.28. The molecular weight excluding hydrogens is 254 g/mol. The Morgan fingerprint density at radius 2 is 2.11 bits per heavy atom. The van der Waals surface area contributed by atoms with Crippen LogP contribution < -0.4 is 5.32 Å². The minimum absolute atomic E-state index is 0.608. The van der Waals surface area contributed by atoms with Crippen molar-refractivity contribution >= 4 is 11.8 Å². The van der Waals surface area contributed by atoms with Crippen LogP contribution in [0, 0.1) is 6.92 Å². The number of benzene rings is 1. The Morgan fingerprint density at radius 3 is 2.79 bits per heavy atom. The molecule has 0 aliphatic carbocycles. The molecule has 1 unspecified atom stereocenters. The number of nitrogens with one attached hydrogen (secondary N) is 1. The van der Waals surface area contributed by atoms with Crippen LogP contribution >= 0.6 is 11.8 Å². The van der Waals surface area contributed by atoms with E-state index in [9.17, 15) is 0 Å². The molecule has 19 heavy (non-hydrogen) atoms. The number of methoxy groups -OCH3 is 1. The van der Waals surface area contributed by atoms with Crippen molar-refractivity contribution in [1.29, 1.82) is 0 Å². The molecule has 0 saturated heterocycles. The van der Waals surface area contributed by atoms with Crippen molar-refractivity contribution in [3.63, 3.8) is 0 Å². The Morgan fingerprint density at radius 1 is 1.32 bits per heavy atom. The first-order chi connectivity index (χ1) is 9.29. The topological polar surface area (TPSA) is 21.3 Å². The molecule has 0 spiro atoms. The van der Waals surface area contributed by atoms with Crippen molar-refractivity contribution in [2.75, 3.05) is 38.3 Å². The Kier molecular flexibility index (Phi) is 8.97. The number of ether oxygens (including phenoxy) is 1. The van der Waals surface area contributed by atoms with Gasteiger partial charge in [-0.2, -0.15) is 11.8 Å². The van der Waals surface area contributed by atoms with Gasteiger partial charge in [0.15, 0.2) is 0 Å². The van der Waals surface area contributed by atoms with Crippen LogP contribution in [0.25, 0.3) is 0 Å². The molecule has 1 N–H and O–H groups in total. The third-order valence-corrected chi connectivity index (χ3v) is 4.25. The molecule has 0 aliphatic heterocycles. The van der Waals surface area contributed by atoms with Gasteiger partial charge in [-0.3, -0.25) is 0 Å². The number of rotatable bonds is 10. The summed E-state index contributed by atoms with van der Waals surface area (Å²) in [6.07, 6.45) is 1.24. The van der Waals surface area contributed by atoms with Crippen LogP contribution in [0.15, 0.2) is 24.3 Å². The molecule has 1 rings (SSSR count). The summed E-state index contributed by atoms with van der Waals surface area (Å²) < 4.78 is 5.09. The summed E-state index contributed by atoms with van der Waals surface area (Å²) in [6, 6.07) is 8.76. The minimum atomic E-state index is 0.608. The van der Waals surface area contributed by atoms with Crippen LogP contribution in [0.1, 0.15) is 30.4 Å². The summed E-state index contributed by atoms with van der Waals surface area (Å²) in [5.74, 6) is 3.05. The van der Waals surface area contributed by atoms with Crippen molar-refractivity contribution in [2.45, 2.75) is 26.2 Å². The second kappa shape index (κ2) is 10.3. The van der Waals surface area contributed by atoms with Gasteiger partial charge in [-0.1, -0.05) is 31.2 Å². The summed E-state index contributed by atoms with van der Waals surface area (Å²) in [4.78, 5) is 0. The van der Waals surface area contributed by atoms with Gasteiger partial charge in [-0.05, 0) is 41.9 Å². The lowest BCUT2D eigenvalue weighted by molar-refractivity contribution is 0.199. The molecule has 0 bridgehead atoms. The zero-order chi connectivity index (χ0) is 13.9. The maximum atomic E-state index is 5.09. The van der Waals surface area contributed by atoms with Crippen LogP contribution in [0.4, 0.5) is 0 Å². The molecule has 3 heteroatoms. The predicted octanol–water partition coefficient (Wildman–Crippen LogP) is 3.46. The third kappa shape index (κ3) is 6.46. The van der Waals surface area contributed by atoms with Crippen LogP contribution in [-0.4, -0.2) is 38.3 Å². The van der Waals surface area contributed by atoms with E-state index in [0.717, 1.165) is 19.7 Å². The fourth-order valence-electron chi connectivity index (χ4n) is 2.23. The van der Waals surface area contributed by atoms with Gasteiger partial charge < -0.3 is 10.1 Å². The molecule has 0 fully saturated rings. The monoisotopic (exact) mass is 281 g/mol. The van der Waals surface area contributed by atoms with E-state index in [1.54, 1.807) is 7.11 Å². The molecule has 108 valence electrons. The van der Waals surface area contributed by atoms with Crippen molar-refractivity contribution in [2.24, 2.45) is 0 Å². The smallest absolute Gasteiger partial charge is 0.0587 e. The lowest BCUT2D eigenvalue weighted by Crippen LogP contribution is -2.25. The van der Waals surface area contributed by atoms with E-state index in [1.165, 1.54) is 29.1 Å². The highest BCUT2D eigenvalue weighted by Crippen LogP contribution is 2.24. The second-order valence-electron chi connectivity index (χ2n) is 4.74. The fraction of sp³-hybridized carbons (Fsp3) is 0.625. The molecule has 0 aliphatic rings. The van der Waals surface area contributed by atoms with Crippen LogP contribution in [0.3, 0.4) is 0 Å². The Balaban J connectivity index is 2.55. The highest BCUT2D eigenvalue weighted by Gasteiger charge is 2.12.